The Morgan fingerprint density at radius 1 is 0.933 bits per heavy atom. The molecule has 3 atom stereocenters. The molecule has 236 valence electrons. The molecule has 1 aliphatic carbocycles. The van der Waals surface area contributed by atoms with Crippen LogP contribution in [0, 0.1) is 5.92 Å². The Morgan fingerprint density at radius 3 is 2.11 bits per heavy atom. The zero-order valence-corrected chi connectivity index (χ0v) is 29.2. The van der Waals surface area contributed by atoms with Crippen LogP contribution in [0.4, 0.5) is 5.69 Å². The number of nitrogens with zero attached hydrogens (tertiary/aromatic N) is 1. The molecule has 5 nitrogen and oxygen atoms in total. The molecule has 0 radical (unpaired) electrons. The van der Waals surface area contributed by atoms with Crippen LogP contribution in [-0.2, 0) is 16.3 Å². The molecule has 9 heteroatoms. The highest BCUT2D eigenvalue weighted by Gasteiger charge is 2.51. The maximum atomic E-state index is 12.7. The Hall–Kier alpha value is -2.65. The van der Waals surface area contributed by atoms with Gasteiger partial charge in [0.2, 0.25) is 0 Å². The second-order valence-corrected chi connectivity index (χ2v) is 20.1. The van der Waals surface area contributed by atoms with E-state index < -0.39 is 18.2 Å². The second-order valence-electron chi connectivity index (χ2n) is 13.3. The summed E-state index contributed by atoms with van der Waals surface area (Å²) in [6, 6.07) is 31.3. The molecule has 0 amide bonds. The molecule has 6 rings (SSSR count). The predicted molar refractivity (Wildman–Crippen MR) is 188 cm³/mol. The van der Waals surface area contributed by atoms with Crippen molar-refractivity contribution in [3.63, 3.8) is 0 Å². The van der Waals surface area contributed by atoms with Crippen LogP contribution in [0.3, 0.4) is 0 Å². The minimum absolute atomic E-state index is 0.0630. The summed E-state index contributed by atoms with van der Waals surface area (Å²) < 4.78 is 24.1. The van der Waals surface area contributed by atoms with Crippen molar-refractivity contribution < 1.29 is 13.2 Å². The number of likely N-dealkylation sites (tertiary alicyclic amines) is 1. The normalized spacial score (nSPS) is 20.7. The lowest BCUT2D eigenvalue weighted by Crippen LogP contribution is -2.65. The number of fused-ring (bicyclic) bond motifs is 1. The Morgan fingerprint density at radius 2 is 1.53 bits per heavy atom. The summed E-state index contributed by atoms with van der Waals surface area (Å²) in [5, 5.41) is 6.75. The van der Waals surface area contributed by atoms with Crippen molar-refractivity contribution in [1.82, 2.24) is 4.90 Å². The molecular weight excluding hydrogens is 639 g/mol. The smallest absolute Gasteiger partial charge is 0.258 e. The van der Waals surface area contributed by atoms with E-state index in [1.165, 1.54) is 6.26 Å². The molecule has 4 aromatic rings. The predicted octanol–water partition coefficient (Wildman–Crippen LogP) is 6.72. The van der Waals surface area contributed by atoms with Crippen molar-refractivity contribution in [3.8, 4) is 0 Å². The highest BCUT2D eigenvalue weighted by Crippen LogP contribution is 2.47. The Balaban J connectivity index is 1.26. The molecule has 0 aromatic heterocycles. The highest BCUT2D eigenvalue weighted by atomic mass is 35.5. The van der Waals surface area contributed by atoms with E-state index in [0.717, 1.165) is 59.5 Å². The highest BCUT2D eigenvalue weighted by molar-refractivity contribution is 7.90. The van der Waals surface area contributed by atoms with Crippen LogP contribution >= 0.6 is 23.2 Å². The van der Waals surface area contributed by atoms with Crippen LogP contribution in [0.15, 0.2) is 102 Å². The summed E-state index contributed by atoms with van der Waals surface area (Å²) in [7, 11) is -6.39. The maximum Gasteiger partial charge on any atom is 0.258 e. The van der Waals surface area contributed by atoms with Gasteiger partial charge in [-0.2, -0.15) is 0 Å². The van der Waals surface area contributed by atoms with E-state index in [-0.39, 0.29) is 17.1 Å². The molecule has 1 heterocycles. The first-order chi connectivity index (χ1) is 21.4. The molecule has 0 bridgehead atoms. The quantitative estimate of drug-likeness (QED) is 0.193. The van der Waals surface area contributed by atoms with E-state index in [1.807, 2.05) is 60.7 Å². The monoisotopic (exact) mass is 678 g/mol. The fraction of sp³-hybridized carbons (Fsp3) is 0.333. The zero-order chi connectivity index (χ0) is 32.0. The van der Waals surface area contributed by atoms with Crippen molar-refractivity contribution in [2.75, 3.05) is 24.7 Å². The molecular formula is C36H40Cl2N2O3SSi. The first kappa shape index (κ1) is 32.3. The minimum Gasteiger partial charge on any atom is -0.424 e. The SMILES string of the molecule is CC(C)(C[C@@H]1CCN([C@H]2Cc3c(Cl)cc(Cl)cc3[C@@H]2Nc2ccc(S(C)(=O)=O)cc2)C1)[Si](O)(c1ccccc1)c1ccccc1. The van der Waals surface area contributed by atoms with E-state index in [1.54, 1.807) is 12.1 Å². The van der Waals surface area contributed by atoms with Gasteiger partial charge < -0.3 is 10.1 Å². The van der Waals surface area contributed by atoms with Crippen LogP contribution in [0.1, 0.15) is 43.9 Å². The van der Waals surface area contributed by atoms with Crippen LogP contribution in [0.5, 0.6) is 0 Å². The van der Waals surface area contributed by atoms with E-state index in [4.69, 9.17) is 23.2 Å². The average Bonchev–Trinajstić information content (AvgIpc) is 3.61. The van der Waals surface area contributed by atoms with Gasteiger partial charge in [0.15, 0.2) is 9.84 Å². The summed E-state index contributed by atoms with van der Waals surface area (Å²) >= 11 is 13.3. The van der Waals surface area contributed by atoms with Gasteiger partial charge >= 0.3 is 0 Å². The van der Waals surface area contributed by atoms with Crippen LogP contribution in [0.2, 0.25) is 15.1 Å². The molecule has 1 saturated heterocycles. The molecule has 0 saturated carbocycles. The molecule has 1 aliphatic heterocycles. The largest absolute Gasteiger partial charge is 0.424 e. The van der Waals surface area contributed by atoms with Crippen LogP contribution < -0.4 is 15.7 Å². The van der Waals surface area contributed by atoms with Gasteiger partial charge in [-0.25, -0.2) is 8.42 Å². The standard InChI is InChI=1S/C36H40Cl2N2O3SSi/c1-36(2,45(43,29-10-6-4-7-11-29)30-12-8-5-9-13-30)23-25-18-19-40(24-25)34-22-31-32(20-26(37)21-33(31)38)35(34)39-27-14-16-28(17-15-27)44(3,41)42/h4-17,20-21,25,34-35,39,43H,18-19,22-24H2,1-3H3/t25-,34-,35-/m0/s1. The van der Waals surface area contributed by atoms with Crippen molar-refractivity contribution in [3.05, 3.63) is 118 Å². The third kappa shape index (κ3) is 6.36. The molecule has 1 fully saturated rings. The number of benzene rings is 4. The zero-order valence-electron chi connectivity index (χ0n) is 25.9. The Labute approximate surface area is 278 Å². The number of nitrogens with one attached hydrogen (secondary N) is 1. The second kappa shape index (κ2) is 12.5. The van der Waals surface area contributed by atoms with Gasteiger partial charge in [0, 0.05) is 34.6 Å². The average molecular weight is 680 g/mol. The van der Waals surface area contributed by atoms with Gasteiger partial charge in [-0.1, -0.05) is 97.7 Å². The summed E-state index contributed by atoms with van der Waals surface area (Å²) in [5.74, 6) is 0.420. The van der Waals surface area contributed by atoms with Gasteiger partial charge in [-0.3, -0.25) is 4.90 Å². The lowest BCUT2D eigenvalue weighted by atomic mass is 9.95. The molecule has 45 heavy (non-hydrogen) atoms. The number of rotatable bonds is 9. The Bertz CT molecular complexity index is 1730. The van der Waals surface area contributed by atoms with Gasteiger partial charge in [0.25, 0.3) is 8.32 Å². The Kier molecular flexibility index (Phi) is 8.98. The first-order valence-electron chi connectivity index (χ1n) is 15.5. The maximum absolute atomic E-state index is 12.7. The topological polar surface area (TPSA) is 69.6 Å². The van der Waals surface area contributed by atoms with Crippen molar-refractivity contribution in [2.24, 2.45) is 5.92 Å². The molecule has 2 aliphatic rings. The fourth-order valence-electron chi connectivity index (χ4n) is 7.65. The number of halogens is 2. The van der Waals surface area contributed by atoms with E-state index in [9.17, 15) is 13.2 Å². The number of hydrogen-bond acceptors (Lipinski definition) is 5. The number of sulfone groups is 1. The summed E-state index contributed by atoms with van der Waals surface area (Å²) in [6.07, 6.45) is 3.98. The van der Waals surface area contributed by atoms with Crippen LogP contribution in [-0.4, -0.2) is 51.8 Å². The molecule has 0 spiro atoms. The molecule has 4 aromatic carbocycles. The summed E-state index contributed by atoms with van der Waals surface area (Å²) in [4.78, 5) is 15.6. The lowest BCUT2D eigenvalue weighted by Gasteiger charge is -2.42. The van der Waals surface area contributed by atoms with Crippen molar-refractivity contribution >= 4 is 57.4 Å². The van der Waals surface area contributed by atoms with Gasteiger partial charge in [-0.05, 0) is 94.7 Å². The lowest BCUT2D eigenvalue weighted by molar-refractivity contribution is 0.217. The van der Waals surface area contributed by atoms with Gasteiger partial charge in [-0.15, -0.1) is 0 Å². The van der Waals surface area contributed by atoms with Gasteiger partial charge in [0.1, 0.15) is 0 Å². The van der Waals surface area contributed by atoms with E-state index >= 15 is 0 Å². The molecule has 2 N–H and O–H groups in total. The summed E-state index contributed by atoms with van der Waals surface area (Å²) in [6.45, 7) is 6.37. The van der Waals surface area contributed by atoms with E-state index in [0.29, 0.717) is 20.9 Å². The van der Waals surface area contributed by atoms with Gasteiger partial charge in [0.05, 0.1) is 10.9 Å². The van der Waals surface area contributed by atoms with E-state index in [2.05, 4.69) is 48.3 Å². The third-order valence-corrected chi connectivity index (χ3v) is 16.1. The minimum atomic E-state index is -3.28. The molecule has 0 unspecified atom stereocenters. The van der Waals surface area contributed by atoms with Crippen molar-refractivity contribution in [1.29, 1.82) is 0 Å². The third-order valence-electron chi connectivity index (χ3n) is 9.88. The first-order valence-corrected chi connectivity index (χ1v) is 20.1. The van der Waals surface area contributed by atoms with Crippen LogP contribution in [0.25, 0.3) is 0 Å². The fourth-order valence-corrected chi connectivity index (χ4v) is 12.7. The summed E-state index contributed by atoms with van der Waals surface area (Å²) in [5.41, 5.74) is 3.04. The number of hydrogen-bond donors (Lipinski definition) is 2. The van der Waals surface area contributed by atoms with Crippen molar-refractivity contribution in [2.45, 2.75) is 55.1 Å². The number of anilines is 1.